The molecule has 0 saturated carbocycles. The number of aldehydes is 1. The Bertz CT molecular complexity index is 594. The van der Waals surface area contributed by atoms with Gasteiger partial charge in [0.2, 0.25) is 0 Å². The summed E-state index contributed by atoms with van der Waals surface area (Å²) < 4.78 is 20.4. The lowest BCUT2D eigenvalue weighted by Gasteiger charge is -2.10. The maximum atomic E-state index is 11.1. The average molecular weight is 276 g/mol. The van der Waals surface area contributed by atoms with Gasteiger partial charge in [-0.05, 0) is 35.0 Å². The van der Waals surface area contributed by atoms with Gasteiger partial charge in [0.1, 0.15) is 11.5 Å². The Kier molecular flexibility index (Phi) is 4.92. The van der Waals surface area contributed by atoms with Gasteiger partial charge in [0.05, 0.1) is 5.56 Å². The first-order chi connectivity index (χ1) is 9.78. The highest BCUT2D eigenvalue weighted by Crippen LogP contribution is 2.28. The first kappa shape index (κ1) is 14.3. The third kappa shape index (κ3) is 3.26. The summed E-state index contributed by atoms with van der Waals surface area (Å²) in [5.74, 6) is 1.18. The fourth-order valence-electron chi connectivity index (χ4n) is 1.83. The van der Waals surface area contributed by atoms with Crippen molar-refractivity contribution in [2.45, 2.75) is 0 Å². The Morgan fingerprint density at radius 2 is 1.70 bits per heavy atom. The predicted molar refractivity (Wildman–Crippen MR) is 74.3 cm³/mol. The topological polar surface area (TPSA) is 54.0 Å². The van der Waals surface area contributed by atoms with E-state index in [1.807, 2.05) is 18.2 Å². The molecule has 0 radical (unpaired) electrons. The van der Waals surface area contributed by atoms with E-state index in [0.29, 0.717) is 17.1 Å². The second-order valence-corrected chi connectivity index (χ2v) is 4.12. The van der Waals surface area contributed by atoms with Gasteiger partial charge in [0, 0.05) is 14.2 Å². The summed E-state index contributed by atoms with van der Waals surface area (Å²) >= 11 is 0. The molecule has 0 aliphatic rings. The van der Waals surface area contributed by atoms with Gasteiger partial charge in [-0.1, -0.05) is 6.07 Å². The molecule has 2 rings (SSSR count). The molecule has 0 atom stereocenters. The van der Waals surface area contributed by atoms with Crippen LogP contribution in [0.1, 0.15) is 10.4 Å². The van der Waals surface area contributed by atoms with E-state index in [1.165, 1.54) is 7.11 Å². The van der Waals surface area contributed by atoms with Crippen molar-refractivity contribution in [1.82, 2.24) is 0 Å². The number of benzene rings is 2. The van der Waals surface area contributed by atoms with E-state index in [9.17, 15) is 4.79 Å². The van der Waals surface area contributed by atoms with Crippen molar-refractivity contribution < 1.29 is 23.7 Å². The SMILES string of the molecule is COCOc1ccc2cc(OCOC)c(C=O)cc2c1. The van der Waals surface area contributed by atoms with E-state index in [0.717, 1.165) is 17.1 Å². The van der Waals surface area contributed by atoms with E-state index in [-0.39, 0.29) is 13.6 Å². The molecule has 0 aliphatic heterocycles. The summed E-state index contributed by atoms with van der Waals surface area (Å²) in [6.45, 7) is 0.280. The smallest absolute Gasteiger partial charge is 0.188 e. The van der Waals surface area contributed by atoms with Gasteiger partial charge in [-0.15, -0.1) is 0 Å². The lowest BCUT2D eigenvalue weighted by Crippen LogP contribution is -2.01. The summed E-state index contributed by atoms with van der Waals surface area (Å²) in [6.07, 6.45) is 0.757. The van der Waals surface area contributed by atoms with Crippen molar-refractivity contribution in [2.24, 2.45) is 0 Å². The van der Waals surface area contributed by atoms with E-state index in [1.54, 1.807) is 19.2 Å². The zero-order chi connectivity index (χ0) is 14.4. The summed E-state index contributed by atoms with van der Waals surface area (Å²) in [5.41, 5.74) is 0.471. The maximum absolute atomic E-state index is 11.1. The largest absolute Gasteiger partial charge is 0.468 e. The van der Waals surface area contributed by atoms with Crippen LogP contribution in [0.5, 0.6) is 11.5 Å². The monoisotopic (exact) mass is 276 g/mol. The van der Waals surface area contributed by atoms with Gasteiger partial charge in [-0.3, -0.25) is 4.79 Å². The quantitative estimate of drug-likeness (QED) is 0.574. The number of fused-ring (bicyclic) bond motifs is 1. The highest BCUT2D eigenvalue weighted by molar-refractivity contribution is 5.92. The number of carbonyl (C=O) groups is 1. The van der Waals surface area contributed by atoms with Crippen LogP contribution >= 0.6 is 0 Å². The molecule has 2 aromatic carbocycles. The third-order valence-corrected chi connectivity index (χ3v) is 2.74. The Balaban J connectivity index is 2.36. The van der Waals surface area contributed by atoms with Crippen LogP contribution in [-0.2, 0) is 9.47 Å². The molecule has 5 heteroatoms. The van der Waals surface area contributed by atoms with Gasteiger partial charge in [0.15, 0.2) is 19.9 Å². The van der Waals surface area contributed by atoms with Gasteiger partial charge < -0.3 is 18.9 Å². The predicted octanol–water partition coefficient (Wildman–Crippen LogP) is 2.62. The van der Waals surface area contributed by atoms with Crippen LogP contribution in [0, 0.1) is 0 Å². The first-order valence-corrected chi connectivity index (χ1v) is 6.05. The molecule has 20 heavy (non-hydrogen) atoms. The molecule has 0 N–H and O–H groups in total. The molecule has 0 saturated heterocycles. The fourth-order valence-corrected chi connectivity index (χ4v) is 1.83. The van der Waals surface area contributed by atoms with Gasteiger partial charge >= 0.3 is 0 Å². The Morgan fingerprint density at radius 1 is 0.950 bits per heavy atom. The molecule has 0 amide bonds. The number of ether oxygens (including phenoxy) is 4. The number of hydrogen-bond donors (Lipinski definition) is 0. The van der Waals surface area contributed by atoms with Crippen molar-refractivity contribution >= 4 is 17.1 Å². The molecule has 5 nitrogen and oxygen atoms in total. The van der Waals surface area contributed by atoms with Crippen LogP contribution in [0.2, 0.25) is 0 Å². The van der Waals surface area contributed by atoms with E-state index in [2.05, 4.69) is 0 Å². The van der Waals surface area contributed by atoms with Crippen LogP contribution < -0.4 is 9.47 Å². The molecule has 0 unspecified atom stereocenters. The van der Waals surface area contributed by atoms with Crippen molar-refractivity contribution in [1.29, 1.82) is 0 Å². The highest BCUT2D eigenvalue weighted by atomic mass is 16.7. The first-order valence-electron chi connectivity index (χ1n) is 6.05. The van der Waals surface area contributed by atoms with E-state index < -0.39 is 0 Å². The van der Waals surface area contributed by atoms with E-state index in [4.69, 9.17) is 18.9 Å². The standard InChI is InChI=1S/C15H16O5/c1-17-9-19-14-4-3-11-7-15(20-10-18-2)13(8-16)5-12(11)6-14/h3-8H,9-10H2,1-2H3. The Hall–Kier alpha value is -2.11. The minimum atomic E-state index is 0.0986. The van der Waals surface area contributed by atoms with Crippen molar-refractivity contribution in [3.63, 3.8) is 0 Å². The lowest BCUT2D eigenvalue weighted by atomic mass is 10.1. The summed E-state index contributed by atoms with van der Waals surface area (Å²) in [6, 6.07) is 9.14. The highest BCUT2D eigenvalue weighted by Gasteiger charge is 2.07. The summed E-state index contributed by atoms with van der Waals surface area (Å²) in [7, 11) is 3.09. The molecule has 0 aliphatic carbocycles. The van der Waals surface area contributed by atoms with Crippen LogP contribution in [0.3, 0.4) is 0 Å². The second-order valence-electron chi connectivity index (χ2n) is 4.12. The van der Waals surface area contributed by atoms with Crippen LogP contribution in [0.15, 0.2) is 30.3 Å². The van der Waals surface area contributed by atoms with Gasteiger partial charge in [-0.2, -0.15) is 0 Å². The minimum absolute atomic E-state index is 0.0986. The lowest BCUT2D eigenvalue weighted by molar-refractivity contribution is 0.0504. The molecule has 0 aromatic heterocycles. The number of hydrogen-bond acceptors (Lipinski definition) is 5. The zero-order valence-electron chi connectivity index (χ0n) is 11.4. The Labute approximate surface area is 117 Å². The third-order valence-electron chi connectivity index (χ3n) is 2.74. The summed E-state index contributed by atoms with van der Waals surface area (Å²) in [4.78, 5) is 11.1. The van der Waals surface area contributed by atoms with E-state index >= 15 is 0 Å². The molecule has 0 spiro atoms. The molecule has 0 bridgehead atoms. The maximum Gasteiger partial charge on any atom is 0.188 e. The van der Waals surface area contributed by atoms with Crippen LogP contribution in [0.4, 0.5) is 0 Å². The average Bonchev–Trinajstić information content (AvgIpc) is 2.49. The Morgan fingerprint density at radius 3 is 2.40 bits per heavy atom. The molecule has 0 heterocycles. The van der Waals surface area contributed by atoms with Crippen molar-refractivity contribution in [3.8, 4) is 11.5 Å². The molecule has 106 valence electrons. The molecule has 0 fully saturated rings. The van der Waals surface area contributed by atoms with Gasteiger partial charge in [0.25, 0.3) is 0 Å². The molecular formula is C15H16O5. The van der Waals surface area contributed by atoms with Crippen molar-refractivity contribution in [3.05, 3.63) is 35.9 Å². The van der Waals surface area contributed by atoms with Crippen LogP contribution in [0.25, 0.3) is 10.8 Å². The summed E-state index contributed by atoms with van der Waals surface area (Å²) in [5, 5.41) is 1.84. The van der Waals surface area contributed by atoms with Crippen molar-refractivity contribution in [2.75, 3.05) is 27.8 Å². The number of methoxy groups -OCH3 is 2. The van der Waals surface area contributed by atoms with Gasteiger partial charge in [-0.25, -0.2) is 0 Å². The molecule has 2 aromatic rings. The molecular weight excluding hydrogens is 260 g/mol. The number of carbonyl (C=O) groups excluding carboxylic acids is 1. The van der Waals surface area contributed by atoms with Crippen LogP contribution in [-0.4, -0.2) is 34.1 Å². The normalized spacial score (nSPS) is 10.5. The minimum Gasteiger partial charge on any atom is -0.468 e. The fraction of sp³-hybridized carbons (Fsp3) is 0.267. The number of rotatable bonds is 7. The second kappa shape index (κ2) is 6.88. The zero-order valence-corrected chi connectivity index (χ0v) is 11.4.